The Hall–Kier alpha value is -1.35. The number of nitrogens with zero attached hydrogens (tertiary/aromatic N) is 1. The summed E-state index contributed by atoms with van der Waals surface area (Å²) in [5, 5.41) is 10.4. The first kappa shape index (κ1) is 15.0. The molecule has 0 unspecified atom stereocenters. The molecule has 10 heteroatoms. The normalized spacial score (nSPS) is 11.3. The molecule has 0 saturated carbocycles. The number of nitro benzene ring substituents is 1. The van der Waals surface area contributed by atoms with E-state index < -0.39 is 15.0 Å². The Morgan fingerprint density at radius 3 is 2.40 bits per heavy atom. The Kier molecular flexibility index (Phi) is 4.19. The maximum absolute atomic E-state index is 11.9. The van der Waals surface area contributed by atoms with Crippen LogP contribution in [0.2, 0.25) is 9.36 Å². The number of halogens is 2. The molecule has 1 aromatic heterocycles. The van der Waals surface area contributed by atoms with Crippen molar-refractivity contribution in [3.05, 3.63) is 49.8 Å². The fraction of sp³-hybridized carbons (Fsp3) is 0. The van der Waals surface area contributed by atoms with Gasteiger partial charge in [0.05, 0.1) is 14.3 Å². The molecule has 0 spiro atoms. The minimum absolute atomic E-state index is 0.0862. The number of nitro groups is 1. The summed E-state index contributed by atoms with van der Waals surface area (Å²) in [6, 6.07) is 5.93. The van der Waals surface area contributed by atoms with Crippen LogP contribution < -0.4 is 4.18 Å². The molecule has 0 aliphatic rings. The van der Waals surface area contributed by atoms with Gasteiger partial charge in [0.1, 0.15) is 0 Å². The first-order chi connectivity index (χ1) is 9.29. The summed E-state index contributed by atoms with van der Waals surface area (Å²) in [5.74, 6) is -0.193. The van der Waals surface area contributed by atoms with Crippen molar-refractivity contribution in [1.29, 1.82) is 0 Å². The molecule has 0 radical (unpaired) electrons. The molecular formula is C10H5Cl2NO5S2. The van der Waals surface area contributed by atoms with Crippen LogP contribution in [0.5, 0.6) is 5.75 Å². The molecule has 1 heterocycles. The number of thiophene rings is 1. The van der Waals surface area contributed by atoms with Crippen molar-refractivity contribution in [2.24, 2.45) is 0 Å². The zero-order chi connectivity index (χ0) is 14.9. The van der Waals surface area contributed by atoms with Crippen molar-refractivity contribution in [2.45, 2.75) is 4.21 Å². The van der Waals surface area contributed by atoms with Crippen LogP contribution in [0.25, 0.3) is 0 Å². The highest BCUT2D eigenvalue weighted by molar-refractivity contribution is 7.89. The van der Waals surface area contributed by atoms with Gasteiger partial charge in [-0.2, -0.15) is 8.42 Å². The van der Waals surface area contributed by atoms with Crippen molar-refractivity contribution in [1.82, 2.24) is 0 Å². The molecule has 20 heavy (non-hydrogen) atoms. The second-order valence-corrected chi connectivity index (χ2v) is 7.36. The highest BCUT2D eigenvalue weighted by atomic mass is 35.5. The standard InChI is InChI=1S/C10H5Cl2NO5S2/c11-7-5-6(13(14)15)1-2-8(7)18-20(16,17)10-4-3-9(12)19-10/h1-5H. The summed E-state index contributed by atoms with van der Waals surface area (Å²) in [6.07, 6.45) is 0. The average molecular weight is 354 g/mol. The summed E-state index contributed by atoms with van der Waals surface area (Å²) in [7, 11) is -4.07. The molecule has 0 N–H and O–H groups in total. The molecule has 0 fully saturated rings. The van der Waals surface area contributed by atoms with Crippen LogP contribution in [0.1, 0.15) is 0 Å². The quantitative estimate of drug-likeness (QED) is 0.474. The minimum Gasteiger partial charge on any atom is -0.377 e. The fourth-order valence-corrected chi connectivity index (χ4v) is 3.91. The van der Waals surface area contributed by atoms with Gasteiger partial charge in [0.15, 0.2) is 9.96 Å². The number of rotatable bonds is 4. The van der Waals surface area contributed by atoms with Gasteiger partial charge in [-0.3, -0.25) is 10.1 Å². The molecule has 6 nitrogen and oxygen atoms in total. The molecule has 0 aliphatic heterocycles. The maximum Gasteiger partial charge on any atom is 0.348 e. The van der Waals surface area contributed by atoms with Crippen molar-refractivity contribution >= 4 is 50.3 Å². The van der Waals surface area contributed by atoms with E-state index in [-0.39, 0.29) is 20.7 Å². The van der Waals surface area contributed by atoms with Crippen LogP contribution in [0.15, 0.2) is 34.5 Å². The van der Waals surface area contributed by atoms with Crippen molar-refractivity contribution in [3.8, 4) is 5.75 Å². The van der Waals surface area contributed by atoms with Gasteiger partial charge in [-0.25, -0.2) is 0 Å². The highest BCUT2D eigenvalue weighted by Gasteiger charge is 2.21. The number of hydrogen-bond acceptors (Lipinski definition) is 6. The number of benzene rings is 1. The van der Waals surface area contributed by atoms with Gasteiger partial charge in [-0.15, -0.1) is 11.3 Å². The Morgan fingerprint density at radius 1 is 1.20 bits per heavy atom. The zero-order valence-corrected chi connectivity index (χ0v) is 12.6. The third kappa shape index (κ3) is 3.21. The largest absolute Gasteiger partial charge is 0.377 e. The summed E-state index contributed by atoms with van der Waals surface area (Å²) in [6.45, 7) is 0. The Labute approximate surface area is 127 Å². The van der Waals surface area contributed by atoms with Gasteiger partial charge in [0.2, 0.25) is 0 Å². The first-order valence-corrected chi connectivity index (χ1v) is 7.91. The molecule has 0 saturated heterocycles. The van der Waals surface area contributed by atoms with Crippen LogP contribution in [0, 0.1) is 10.1 Å². The predicted molar refractivity (Wildman–Crippen MR) is 75.2 cm³/mol. The molecule has 0 atom stereocenters. The molecule has 1 aromatic carbocycles. The zero-order valence-electron chi connectivity index (χ0n) is 9.45. The van der Waals surface area contributed by atoms with Crippen LogP contribution in [0.4, 0.5) is 5.69 Å². The van der Waals surface area contributed by atoms with E-state index in [1.165, 1.54) is 12.1 Å². The van der Waals surface area contributed by atoms with E-state index in [2.05, 4.69) is 0 Å². The van der Waals surface area contributed by atoms with Crippen LogP contribution in [-0.4, -0.2) is 13.3 Å². The van der Waals surface area contributed by atoms with Crippen molar-refractivity contribution in [2.75, 3.05) is 0 Å². The van der Waals surface area contributed by atoms with E-state index in [1.807, 2.05) is 0 Å². The number of non-ortho nitro benzene ring substituents is 1. The molecule has 0 aliphatic carbocycles. The molecular weight excluding hydrogens is 349 g/mol. The van der Waals surface area contributed by atoms with E-state index in [4.69, 9.17) is 27.4 Å². The molecule has 0 amide bonds. The van der Waals surface area contributed by atoms with E-state index in [0.29, 0.717) is 4.34 Å². The smallest absolute Gasteiger partial charge is 0.348 e. The number of hydrogen-bond donors (Lipinski definition) is 0. The van der Waals surface area contributed by atoms with Gasteiger partial charge in [-0.1, -0.05) is 23.2 Å². The topological polar surface area (TPSA) is 86.5 Å². The van der Waals surface area contributed by atoms with Crippen LogP contribution in [-0.2, 0) is 10.1 Å². The lowest BCUT2D eigenvalue weighted by molar-refractivity contribution is -0.384. The van der Waals surface area contributed by atoms with E-state index in [1.54, 1.807) is 0 Å². The second kappa shape index (κ2) is 5.57. The SMILES string of the molecule is O=[N+]([O-])c1ccc(OS(=O)(=O)c2ccc(Cl)s2)c(Cl)c1. The van der Waals surface area contributed by atoms with Gasteiger partial charge in [0, 0.05) is 12.1 Å². The van der Waals surface area contributed by atoms with Crippen molar-refractivity contribution < 1.29 is 17.5 Å². The summed E-state index contributed by atoms with van der Waals surface area (Å²) in [4.78, 5) is 9.90. The summed E-state index contributed by atoms with van der Waals surface area (Å²) >= 11 is 12.2. The Morgan fingerprint density at radius 2 is 1.90 bits per heavy atom. The fourth-order valence-electron chi connectivity index (χ4n) is 1.26. The lowest BCUT2D eigenvalue weighted by atomic mass is 10.3. The molecule has 0 bridgehead atoms. The predicted octanol–water partition coefficient (Wildman–Crippen LogP) is 3.73. The molecule has 106 valence electrons. The van der Waals surface area contributed by atoms with Gasteiger partial charge in [-0.05, 0) is 18.2 Å². The second-order valence-electron chi connectivity index (χ2n) is 3.47. The van der Waals surface area contributed by atoms with E-state index in [9.17, 15) is 18.5 Å². The lowest BCUT2D eigenvalue weighted by Gasteiger charge is -2.06. The Balaban J connectivity index is 2.32. The van der Waals surface area contributed by atoms with Crippen LogP contribution >= 0.6 is 34.5 Å². The first-order valence-electron chi connectivity index (χ1n) is 4.93. The van der Waals surface area contributed by atoms with Crippen LogP contribution in [0.3, 0.4) is 0 Å². The maximum atomic E-state index is 11.9. The van der Waals surface area contributed by atoms with Gasteiger partial charge in [0.25, 0.3) is 5.69 Å². The third-order valence-corrected chi connectivity index (χ3v) is 5.33. The average Bonchev–Trinajstić information content (AvgIpc) is 2.79. The minimum atomic E-state index is -4.07. The summed E-state index contributed by atoms with van der Waals surface area (Å²) in [5.41, 5.74) is -0.265. The third-order valence-electron chi connectivity index (χ3n) is 2.12. The van der Waals surface area contributed by atoms with Gasteiger partial charge < -0.3 is 4.18 Å². The molecule has 2 aromatic rings. The van der Waals surface area contributed by atoms with E-state index >= 15 is 0 Å². The Bertz CT molecular complexity index is 772. The lowest BCUT2D eigenvalue weighted by Crippen LogP contribution is -2.08. The summed E-state index contributed by atoms with van der Waals surface area (Å²) < 4.78 is 28.9. The molecule has 2 rings (SSSR count). The highest BCUT2D eigenvalue weighted by Crippen LogP contribution is 2.33. The van der Waals surface area contributed by atoms with E-state index in [0.717, 1.165) is 29.5 Å². The monoisotopic (exact) mass is 353 g/mol. The van der Waals surface area contributed by atoms with Crippen molar-refractivity contribution in [3.63, 3.8) is 0 Å². The van der Waals surface area contributed by atoms with Gasteiger partial charge >= 0.3 is 10.1 Å².